The molecule has 20 aromatic rings. The van der Waals surface area contributed by atoms with Gasteiger partial charge >= 0.3 is 13.7 Å². The molecule has 0 N–H and O–H groups in total. The van der Waals surface area contributed by atoms with Crippen LogP contribution in [0.3, 0.4) is 0 Å². The van der Waals surface area contributed by atoms with Crippen LogP contribution in [0.25, 0.3) is 151 Å². The smallest absolute Gasteiger partial charge is 0.328 e. The summed E-state index contributed by atoms with van der Waals surface area (Å²) >= 11 is 3.77. The molecular formula is C96H60B2N2O2S2. The van der Waals surface area contributed by atoms with Crippen LogP contribution >= 0.6 is 22.7 Å². The van der Waals surface area contributed by atoms with Gasteiger partial charge in [-0.05, 0) is 128 Å². The van der Waals surface area contributed by atoms with Crippen LogP contribution in [0.1, 0.15) is 0 Å². The van der Waals surface area contributed by atoms with Crippen LogP contribution in [0.15, 0.2) is 373 Å². The van der Waals surface area contributed by atoms with E-state index in [1.54, 1.807) is 0 Å². The van der Waals surface area contributed by atoms with Crippen LogP contribution < -0.4 is 31.5 Å². The first-order valence-corrected chi connectivity index (χ1v) is 37.2. The SMILES string of the molecule is c1ccc(B2c3ccccc3-c3cc(-c4cccc5c4sc4ccccc45)ccc3N2c2ccc(-c3cccc4c3oc3ccccc34)cc2)cc1.c1ccc(N2B(c3ccc(-c4cccc5c4oc4ccccc45)cc3)c3ccccc3-c3cc(-c4cccc5c4sc4ccccc45)ccc32)cc1. The van der Waals surface area contributed by atoms with Gasteiger partial charge in [-0.3, -0.25) is 0 Å². The summed E-state index contributed by atoms with van der Waals surface area (Å²) in [5.74, 6) is 0. The molecule has 4 aromatic heterocycles. The number of rotatable bonds is 8. The van der Waals surface area contributed by atoms with E-state index in [1.165, 1.54) is 124 Å². The third-order valence-electron chi connectivity index (χ3n) is 21.5. The molecule has 0 spiro atoms. The minimum absolute atomic E-state index is 0.00596. The molecule has 2 aliphatic heterocycles. The van der Waals surface area contributed by atoms with Crippen molar-refractivity contribution in [2.45, 2.75) is 0 Å². The van der Waals surface area contributed by atoms with E-state index >= 15 is 0 Å². The van der Waals surface area contributed by atoms with Gasteiger partial charge in [0.25, 0.3) is 0 Å². The summed E-state index contributed by atoms with van der Waals surface area (Å²) in [7, 11) is 0. The van der Waals surface area contributed by atoms with Crippen molar-refractivity contribution in [1.82, 2.24) is 0 Å². The van der Waals surface area contributed by atoms with Gasteiger partial charge in [0.15, 0.2) is 0 Å². The van der Waals surface area contributed by atoms with Gasteiger partial charge in [0.1, 0.15) is 22.3 Å². The molecule has 0 radical (unpaired) electrons. The van der Waals surface area contributed by atoms with E-state index in [0.29, 0.717) is 0 Å². The third kappa shape index (κ3) is 9.74. The zero-order chi connectivity index (χ0) is 68.3. The van der Waals surface area contributed by atoms with Crippen LogP contribution in [-0.4, -0.2) is 13.7 Å². The lowest BCUT2D eigenvalue weighted by molar-refractivity contribution is 0.669. The van der Waals surface area contributed by atoms with Gasteiger partial charge in [-0.2, -0.15) is 0 Å². The lowest BCUT2D eigenvalue weighted by Crippen LogP contribution is -2.57. The van der Waals surface area contributed by atoms with Crippen molar-refractivity contribution >= 4 is 165 Å². The van der Waals surface area contributed by atoms with Crippen molar-refractivity contribution in [3.05, 3.63) is 364 Å². The van der Waals surface area contributed by atoms with Crippen molar-refractivity contribution in [3.63, 3.8) is 0 Å². The van der Waals surface area contributed by atoms with E-state index in [2.05, 4.69) is 349 Å². The minimum atomic E-state index is -0.0148. The molecule has 0 amide bonds. The zero-order valence-corrected chi connectivity index (χ0v) is 58.0. The van der Waals surface area contributed by atoms with Gasteiger partial charge in [0.2, 0.25) is 0 Å². The molecule has 0 bridgehead atoms. The maximum Gasteiger partial charge on any atom is 0.328 e. The maximum atomic E-state index is 6.43. The summed E-state index contributed by atoms with van der Waals surface area (Å²) in [4.78, 5) is 5.05. The van der Waals surface area contributed by atoms with E-state index in [1.807, 2.05) is 46.9 Å². The predicted octanol–water partition coefficient (Wildman–Crippen LogP) is 24.4. The second-order valence-corrected chi connectivity index (χ2v) is 29.3. The summed E-state index contributed by atoms with van der Waals surface area (Å²) < 4.78 is 18.2. The summed E-state index contributed by atoms with van der Waals surface area (Å²) in [6.45, 7) is -0.00884. The van der Waals surface area contributed by atoms with Crippen molar-refractivity contribution in [2.24, 2.45) is 0 Å². The highest BCUT2D eigenvalue weighted by Crippen LogP contribution is 2.49. The lowest BCUT2D eigenvalue weighted by atomic mass is 9.45. The molecule has 2 aliphatic rings. The number of para-hydroxylation sites is 5. The number of anilines is 4. The van der Waals surface area contributed by atoms with Crippen LogP contribution in [0.2, 0.25) is 0 Å². The van der Waals surface area contributed by atoms with Gasteiger partial charge in [-0.15, -0.1) is 22.7 Å². The molecule has 104 heavy (non-hydrogen) atoms. The topological polar surface area (TPSA) is 32.8 Å². The van der Waals surface area contributed by atoms with E-state index in [4.69, 9.17) is 8.83 Å². The van der Waals surface area contributed by atoms with Crippen molar-refractivity contribution in [3.8, 4) is 66.8 Å². The van der Waals surface area contributed by atoms with Crippen molar-refractivity contribution in [2.75, 3.05) is 9.62 Å². The summed E-state index contributed by atoms with van der Waals surface area (Å²) in [5, 5.41) is 9.88. The lowest BCUT2D eigenvalue weighted by Gasteiger charge is -2.39. The molecule has 0 aliphatic carbocycles. The van der Waals surface area contributed by atoms with Gasteiger partial charge in [0.05, 0.1) is 0 Å². The average molecular weight is 1360 g/mol. The third-order valence-corrected chi connectivity index (χ3v) is 23.9. The standard InChI is InChI=1S/2C48H30BNOS/c1-2-12-34(13-3-1)50-44-29-26-32(36-18-11-20-41-39-16-6-9-23-46(39)52-48(36)41)30-42(44)37-14-4-7-21-43(37)49(50)33-27-24-31(25-28-33)35-17-10-19-40-38-15-5-8-22-45(38)51-47(35)40;1-2-12-33(13-3-1)49-43-21-7-4-14-37(43)42-30-32(36-18-11-20-41-39-16-6-9-23-46(39)52-48(36)41)26-29-44(42)50(49)34-27-24-31(25-28-34)35-17-10-19-40-38-15-5-8-22-45(38)51-47(35)40/h2*1-30H. The number of furan rings is 2. The molecular weight excluding hydrogens is 1300 g/mol. The molecule has 0 atom stereocenters. The van der Waals surface area contributed by atoms with Gasteiger partial charge in [-0.1, -0.05) is 302 Å². The van der Waals surface area contributed by atoms with Gasteiger partial charge < -0.3 is 18.5 Å². The monoisotopic (exact) mass is 1360 g/mol. The first-order chi connectivity index (χ1) is 51.6. The Bertz CT molecular complexity index is 6780. The molecule has 16 aromatic carbocycles. The molecule has 484 valence electrons. The number of hydrogen-bond acceptors (Lipinski definition) is 6. The van der Waals surface area contributed by atoms with E-state index in [-0.39, 0.29) is 13.7 Å². The molecule has 22 rings (SSSR count). The molecule has 0 saturated carbocycles. The Hall–Kier alpha value is -12.7. The quantitative estimate of drug-likeness (QED) is 0.142. The Labute approximate surface area is 610 Å². The Morgan fingerprint density at radius 1 is 0.231 bits per heavy atom. The minimum Gasteiger partial charge on any atom is -0.455 e. The number of thiophene rings is 2. The van der Waals surface area contributed by atoms with Crippen molar-refractivity contribution in [1.29, 1.82) is 0 Å². The summed E-state index contributed by atoms with van der Waals surface area (Å²) in [6, 6.07) is 132. The fourth-order valence-electron chi connectivity index (χ4n) is 16.8. The Morgan fingerprint density at radius 2 is 0.587 bits per heavy atom. The van der Waals surface area contributed by atoms with Gasteiger partial charge in [-0.25, -0.2) is 0 Å². The van der Waals surface area contributed by atoms with Crippen LogP contribution in [0.5, 0.6) is 0 Å². The number of hydrogen-bond donors (Lipinski definition) is 0. The van der Waals surface area contributed by atoms with Crippen LogP contribution in [0.4, 0.5) is 22.7 Å². The van der Waals surface area contributed by atoms with Crippen molar-refractivity contribution < 1.29 is 8.83 Å². The molecule has 6 heterocycles. The van der Waals surface area contributed by atoms with E-state index < -0.39 is 0 Å². The first-order valence-electron chi connectivity index (χ1n) is 35.6. The second-order valence-electron chi connectivity index (χ2n) is 27.2. The molecule has 0 unspecified atom stereocenters. The first kappa shape index (κ1) is 60.1. The Morgan fingerprint density at radius 3 is 1.09 bits per heavy atom. The highest BCUT2D eigenvalue weighted by Gasteiger charge is 2.39. The largest absolute Gasteiger partial charge is 0.455 e. The Balaban J connectivity index is 0.000000134. The van der Waals surface area contributed by atoms with Gasteiger partial charge in [0, 0.05) is 107 Å². The van der Waals surface area contributed by atoms with E-state index in [0.717, 1.165) is 71.8 Å². The fraction of sp³-hybridized carbons (Fsp3) is 0. The number of fused-ring (bicyclic) bond motifs is 18. The highest BCUT2D eigenvalue weighted by atomic mass is 32.1. The van der Waals surface area contributed by atoms with Crippen LogP contribution in [-0.2, 0) is 0 Å². The Kier molecular flexibility index (Phi) is 14.2. The average Bonchev–Trinajstić information content (AvgIpc) is 0.989. The summed E-state index contributed by atoms with van der Waals surface area (Å²) in [6.07, 6.45) is 0. The number of benzene rings is 16. The molecule has 4 nitrogen and oxygen atoms in total. The highest BCUT2D eigenvalue weighted by molar-refractivity contribution is 7.26. The predicted molar refractivity (Wildman–Crippen MR) is 446 cm³/mol. The zero-order valence-electron chi connectivity index (χ0n) is 56.3. The normalized spacial score (nSPS) is 12.5. The fourth-order valence-corrected chi connectivity index (χ4v) is 19.3. The molecule has 8 heteroatoms. The number of nitrogens with zero attached hydrogens (tertiary/aromatic N) is 2. The maximum absolute atomic E-state index is 6.43. The molecule has 0 saturated heterocycles. The van der Waals surface area contributed by atoms with Crippen LogP contribution in [0, 0.1) is 0 Å². The molecule has 0 fully saturated rings. The summed E-state index contributed by atoms with van der Waals surface area (Å²) in [5.41, 5.74) is 28.1. The van der Waals surface area contributed by atoms with E-state index in [9.17, 15) is 0 Å². The second kappa shape index (κ2) is 24.5.